The number of allylic oxidation sites excluding steroid dienone is 8. The Labute approximate surface area is 115 Å². The Kier molecular flexibility index (Phi) is 3.16. The van der Waals surface area contributed by atoms with Crippen LogP contribution in [0.5, 0.6) is 0 Å². The first-order valence-corrected chi connectivity index (χ1v) is 6.72. The van der Waals surface area contributed by atoms with Gasteiger partial charge in [-0.1, -0.05) is 0 Å². The van der Waals surface area contributed by atoms with Gasteiger partial charge >= 0.3 is 111 Å². The Morgan fingerprint density at radius 3 is 1.69 bits per heavy atom. The minimum atomic E-state index is 0. The van der Waals surface area contributed by atoms with Gasteiger partial charge < -0.3 is 4.28 Å². The molecule has 86 valence electrons. The molecule has 0 bridgehead atoms. The number of rotatable bonds is 2. The second-order valence-electron chi connectivity index (χ2n) is 5.65. The summed E-state index contributed by atoms with van der Waals surface area (Å²) in [6.07, 6.45) is 15.8. The molecule has 0 unspecified atom stereocenters. The molecule has 2 aliphatic carbocycles. The molecule has 0 radical (unpaired) electrons. The molecule has 2 aliphatic rings. The van der Waals surface area contributed by atoms with E-state index >= 15 is 0 Å². The molecule has 0 aromatic carbocycles. The van der Waals surface area contributed by atoms with E-state index in [1.54, 1.807) is 11.1 Å². The van der Waals surface area contributed by atoms with E-state index < -0.39 is 0 Å². The zero-order valence-corrected chi connectivity index (χ0v) is 11.9. The summed E-state index contributed by atoms with van der Waals surface area (Å²) in [5, 5.41) is 0. The fourth-order valence-electron chi connectivity index (χ4n) is 2.62. The van der Waals surface area contributed by atoms with Gasteiger partial charge in [-0.3, -0.25) is 0 Å². The minimum Gasteiger partial charge on any atom is -1.00 e. The molecule has 0 aromatic heterocycles. The molecule has 16 heavy (non-hydrogen) atoms. The Morgan fingerprint density at radius 1 is 1.00 bits per heavy atom. The molecule has 0 atom stereocenters. The average molecular weight is 250 g/mol. The van der Waals surface area contributed by atoms with E-state index in [1.807, 2.05) is 0 Å². The molecular weight excluding hydrogens is 228 g/mol. The molecule has 0 aliphatic heterocycles. The van der Waals surface area contributed by atoms with Gasteiger partial charge in [0.25, 0.3) is 0 Å². The van der Waals surface area contributed by atoms with Crippen molar-refractivity contribution in [2.75, 3.05) is 0 Å². The molecule has 0 saturated carbocycles. The molecular formula is C15H22Ti. The van der Waals surface area contributed by atoms with Crippen LogP contribution < -0.4 is 0 Å². The molecule has 2 rings (SSSR count). The minimum absolute atomic E-state index is 0. The predicted octanol–water partition coefficient (Wildman–Crippen LogP) is 4.85. The van der Waals surface area contributed by atoms with Crippen LogP contribution in [0.2, 0.25) is 3.72 Å². The Bertz CT molecular complexity index is 382. The van der Waals surface area contributed by atoms with E-state index in [0.29, 0.717) is 0 Å². The first-order chi connectivity index (χ1) is 7.46. The van der Waals surface area contributed by atoms with Crippen LogP contribution in [0.3, 0.4) is 0 Å². The predicted molar refractivity (Wildman–Crippen MR) is 69.2 cm³/mol. The smallest absolute Gasteiger partial charge is 1.00 e. The van der Waals surface area contributed by atoms with Gasteiger partial charge in [0, 0.05) is 0 Å². The zero-order valence-electron chi connectivity index (χ0n) is 13.4. The summed E-state index contributed by atoms with van der Waals surface area (Å²) in [6.45, 7) is 7.06. The van der Waals surface area contributed by atoms with Crippen molar-refractivity contribution in [1.29, 1.82) is 0 Å². The van der Waals surface area contributed by atoms with Gasteiger partial charge in [-0.05, 0) is 0 Å². The Balaban J connectivity index is 0. The van der Waals surface area contributed by atoms with Gasteiger partial charge in [0.2, 0.25) is 0 Å². The topological polar surface area (TPSA) is 0 Å². The maximum Gasteiger partial charge on any atom is -1.00 e. The number of hydrogen-bond acceptors (Lipinski definition) is 0. The maximum absolute atomic E-state index is 2.41. The normalized spacial score (nSPS) is 20.3. The van der Waals surface area contributed by atoms with Crippen molar-refractivity contribution >= 4 is 0 Å². The van der Waals surface area contributed by atoms with Crippen molar-refractivity contribution in [1.82, 2.24) is 0 Å². The molecule has 1 heteroatoms. The second-order valence-corrected chi connectivity index (χ2v) is 6.82. The summed E-state index contributed by atoms with van der Waals surface area (Å²) in [5.41, 5.74) is 3.40. The first-order valence-electron chi connectivity index (χ1n) is 5.93. The van der Waals surface area contributed by atoms with E-state index in [2.05, 4.69) is 77.7 Å². The van der Waals surface area contributed by atoms with Crippen LogP contribution in [0, 0.1) is 5.41 Å². The van der Waals surface area contributed by atoms with Crippen molar-refractivity contribution < 1.29 is 24.7 Å². The molecule has 0 saturated heterocycles. The number of hydrogen-bond donors (Lipinski definition) is 0. The Hall–Kier alpha value is -0.326. The van der Waals surface area contributed by atoms with Crippen LogP contribution in [0.1, 0.15) is 37.9 Å². The van der Waals surface area contributed by atoms with Crippen molar-refractivity contribution in [3.8, 4) is 0 Å². The third-order valence-electron chi connectivity index (χ3n) is 3.63. The monoisotopic (exact) mass is 250 g/mol. The van der Waals surface area contributed by atoms with Crippen molar-refractivity contribution in [2.45, 2.75) is 37.3 Å². The first kappa shape index (κ1) is 12.1. The van der Waals surface area contributed by atoms with Crippen LogP contribution >= 0.6 is 0 Å². The average Bonchev–Trinajstić information content (AvgIpc) is 2.88. The van der Waals surface area contributed by atoms with Gasteiger partial charge in [-0.15, -0.1) is 0 Å². The molecule has 0 amide bonds. The Morgan fingerprint density at radius 2 is 1.44 bits per heavy atom. The molecule has 0 aromatic rings. The summed E-state index contributed by atoms with van der Waals surface area (Å²) in [6, 6.07) is 0. The van der Waals surface area contributed by atoms with Crippen LogP contribution in [-0.2, 0) is 20.4 Å². The summed E-state index contributed by atoms with van der Waals surface area (Å²) >= 11 is 2.41. The third-order valence-corrected chi connectivity index (χ3v) is 5.80. The zero-order chi connectivity index (χ0) is 11.8. The van der Waals surface area contributed by atoms with Gasteiger partial charge in [-0.25, -0.2) is 0 Å². The molecule has 0 fully saturated rings. The van der Waals surface area contributed by atoms with Gasteiger partial charge in [0.15, 0.2) is 0 Å². The van der Waals surface area contributed by atoms with E-state index in [0.717, 1.165) is 12.8 Å². The quantitative estimate of drug-likeness (QED) is 0.614. The molecule has 0 spiro atoms. The van der Waals surface area contributed by atoms with E-state index in [-0.39, 0.29) is 13.4 Å². The van der Waals surface area contributed by atoms with Crippen molar-refractivity contribution in [3.63, 3.8) is 0 Å². The van der Waals surface area contributed by atoms with Crippen LogP contribution in [0.25, 0.3) is 0 Å². The second kappa shape index (κ2) is 4.16. The molecule has 0 N–H and O–H groups in total. The van der Waals surface area contributed by atoms with Crippen LogP contribution in [-0.4, -0.2) is 0 Å². The summed E-state index contributed by atoms with van der Waals surface area (Å²) in [4.78, 5) is 0. The van der Waals surface area contributed by atoms with E-state index in [1.165, 1.54) is 0 Å². The van der Waals surface area contributed by atoms with Gasteiger partial charge in [0.05, 0.1) is 0 Å². The summed E-state index contributed by atoms with van der Waals surface area (Å²) < 4.78 is 0.194. The molecule has 0 nitrogen and oxygen atoms in total. The standard InChI is InChI=1S/C15H19.Ti.3H/c1-15(2,3)14(12-8-4-5-9-12)13-10-6-7-11-13;;;;/h4-8,10H,9,11H2,1-3H3;;;;/q;+3;3*-1. The summed E-state index contributed by atoms with van der Waals surface area (Å²) in [7, 11) is 0. The fourth-order valence-corrected chi connectivity index (χ4v) is 3.20. The fraction of sp³-hybridized carbons (Fsp3) is 0.467. The molecule has 0 heterocycles. The largest absolute Gasteiger partial charge is 1.00 e. The summed E-state index contributed by atoms with van der Waals surface area (Å²) in [5.74, 6) is 0. The van der Waals surface area contributed by atoms with Gasteiger partial charge in [0.1, 0.15) is 0 Å². The van der Waals surface area contributed by atoms with Crippen LogP contribution in [0.15, 0.2) is 47.6 Å². The van der Waals surface area contributed by atoms with Crippen LogP contribution in [0.4, 0.5) is 0 Å². The van der Waals surface area contributed by atoms with Crippen molar-refractivity contribution in [3.05, 3.63) is 47.6 Å². The van der Waals surface area contributed by atoms with Crippen molar-refractivity contribution in [2.24, 2.45) is 5.41 Å². The van der Waals surface area contributed by atoms with E-state index in [9.17, 15) is 0 Å². The third kappa shape index (κ3) is 1.83. The van der Waals surface area contributed by atoms with Gasteiger partial charge in [-0.2, -0.15) is 0 Å². The maximum atomic E-state index is 2.41. The SMILES string of the molecule is CC(C)(C)[C]([Ti+3])(C1=CC=CC1)C1=CC=CC1.[H-].[H-].[H-]. The van der Waals surface area contributed by atoms with E-state index in [4.69, 9.17) is 0 Å².